The van der Waals surface area contributed by atoms with Gasteiger partial charge in [0.15, 0.2) is 0 Å². The molecule has 0 radical (unpaired) electrons. The first kappa shape index (κ1) is 17.5. The number of aliphatic hydroxyl groups is 1. The first-order chi connectivity index (χ1) is 10.1. The smallest absolute Gasteiger partial charge is 0.254 e. The van der Waals surface area contributed by atoms with Crippen molar-refractivity contribution in [3.63, 3.8) is 0 Å². The number of aliphatic hydroxyl groups excluding tert-OH is 1. The Morgan fingerprint density at radius 1 is 1.24 bits per heavy atom. The lowest BCUT2D eigenvalue weighted by atomic mass is 10.2. The van der Waals surface area contributed by atoms with Crippen molar-refractivity contribution < 1.29 is 19.4 Å². The monoisotopic (exact) mass is 295 g/mol. The maximum atomic E-state index is 12.3. The third-order valence-corrected chi connectivity index (χ3v) is 2.91. The molecule has 1 aromatic carbocycles. The van der Waals surface area contributed by atoms with Crippen LogP contribution >= 0.6 is 0 Å². The van der Waals surface area contributed by atoms with Gasteiger partial charge in [0, 0.05) is 25.8 Å². The van der Waals surface area contributed by atoms with E-state index in [2.05, 4.69) is 13.8 Å². The highest BCUT2D eigenvalue weighted by molar-refractivity contribution is 5.94. The lowest BCUT2D eigenvalue weighted by molar-refractivity contribution is 0.0656. The minimum absolute atomic E-state index is 0.0644. The first-order valence-electron chi connectivity index (χ1n) is 7.20. The van der Waals surface area contributed by atoms with Gasteiger partial charge in [0.1, 0.15) is 5.75 Å². The van der Waals surface area contributed by atoms with E-state index in [1.165, 1.54) is 0 Å². The standard InChI is InChI=1S/C16H25NO4/c1-13(2)12-21-15-6-4-14(5-7-15)16(19)17(8-10-18)9-11-20-3/h4-7,13,18H,8-12H2,1-3H3. The summed E-state index contributed by atoms with van der Waals surface area (Å²) >= 11 is 0. The molecular weight excluding hydrogens is 270 g/mol. The van der Waals surface area contributed by atoms with Crippen LogP contribution in [0, 0.1) is 5.92 Å². The molecule has 0 aliphatic rings. The largest absolute Gasteiger partial charge is 0.493 e. The van der Waals surface area contributed by atoms with Crippen molar-refractivity contribution in [3.05, 3.63) is 29.8 Å². The molecule has 0 heterocycles. The number of hydrogen-bond acceptors (Lipinski definition) is 4. The molecule has 0 saturated carbocycles. The number of carbonyl (C=O) groups excluding carboxylic acids is 1. The van der Waals surface area contributed by atoms with Crippen molar-refractivity contribution in [1.82, 2.24) is 4.90 Å². The van der Waals surface area contributed by atoms with Gasteiger partial charge in [-0.15, -0.1) is 0 Å². The Labute approximate surface area is 126 Å². The van der Waals surface area contributed by atoms with Gasteiger partial charge in [-0.3, -0.25) is 4.79 Å². The van der Waals surface area contributed by atoms with Crippen LogP contribution in [0.3, 0.4) is 0 Å². The molecule has 0 unspecified atom stereocenters. The molecule has 0 aliphatic heterocycles. The Morgan fingerprint density at radius 2 is 1.90 bits per heavy atom. The van der Waals surface area contributed by atoms with Gasteiger partial charge in [0.2, 0.25) is 0 Å². The van der Waals surface area contributed by atoms with E-state index >= 15 is 0 Å². The van der Waals surface area contributed by atoms with Crippen molar-refractivity contribution in [2.75, 3.05) is 40.0 Å². The fourth-order valence-electron chi connectivity index (χ4n) is 1.78. The summed E-state index contributed by atoms with van der Waals surface area (Å²) in [6.07, 6.45) is 0. The summed E-state index contributed by atoms with van der Waals surface area (Å²) in [5, 5.41) is 9.04. The van der Waals surface area contributed by atoms with Crippen molar-refractivity contribution >= 4 is 5.91 Å². The minimum atomic E-state index is -0.114. The van der Waals surface area contributed by atoms with Crippen LogP contribution in [0.1, 0.15) is 24.2 Å². The van der Waals surface area contributed by atoms with Crippen LogP contribution in [0.25, 0.3) is 0 Å². The van der Waals surface area contributed by atoms with Gasteiger partial charge in [0.05, 0.1) is 19.8 Å². The molecule has 1 N–H and O–H groups in total. The Morgan fingerprint density at radius 3 is 2.43 bits per heavy atom. The normalized spacial score (nSPS) is 10.7. The molecule has 1 amide bonds. The fraction of sp³-hybridized carbons (Fsp3) is 0.562. The molecule has 1 rings (SSSR count). The van der Waals surface area contributed by atoms with Crippen LogP contribution in [0.15, 0.2) is 24.3 Å². The predicted molar refractivity (Wildman–Crippen MR) is 81.6 cm³/mol. The Bertz CT molecular complexity index is 417. The average molecular weight is 295 g/mol. The van der Waals surface area contributed by atoms with Crippen molar-refractivity contribution in [1.29, 1.82) is 0 Å². The SMILES string of the molecule is COCCN(CCO)C(=O)c1ccc(OCC(C)C)cc1. The van der Waals surface area contributed by atoms with E-state index in [0.29, 0.717) is 37.8 Å². The van der Waals surface area contributed by atoms with Crippen LogP contribution in [0.4, 0.5) is 0 Å². The predicted octanol–water partition coefficient (Wildman–Crippen LogP) is 1.80. The number of methoxy groups -OCH3 is 1. The van der Waals surface area contributed by atoms with Crippen LogP contribution in [-0.4, -0.2) is 55.9 Å². The van der Waals surface area contributed by atoms with Crippen LogP contribution in [0.2, 0.25) is 0 Å². The Hall–Kier alpha value is -1.59. The summed E-state index contributed by atoms with van der Waals surface area (Å²) in [4.78, 5) is 13.9. The van der Waals surface area contributed by atoms with E-state index in [0.717, 1.165) is 5.75 Å². The second-order valence-corrected chi connectivity index (χ2v) is 5.24. The number of carbonyl (C=O) groups is 1. The summed E-state index contributed by atoms with van der Waals surface area (Å²) in [6.45, 7) is 5.96. The van der Waals surface area contributed by atoms with Gasteiger partial charge in [-0.25, -0.2) is 0 Å². The van der Waals surface area contributed by atoms with E-state index in [9.17, 15) is 4.79 Å². The molecule has 0 fully saturated rings. The summed E-state index contributed by atoms with van der Waals surface area (Å²) in [6, 6.07) is 7.08. The second kappa shape index (κ2) is 9.37. The Balaban J connectivity index is 2.67. The molecule has 0 aromatic heterocycles. The zero-order chi connectivity index (χ0) is 15.7. The highest BCUT2D eigenvalue weighted by atomic mass is 16.5. The molecular formula is C16H25NO4. The highest BCUT2D eigenvalue weighted by Gasteiger charge is 2.15. The topological polar surface area (TPSA) is 59.0 Å². The number of rotatable bonds is 9. The van der Waals surface area contributed by atoms with Crippen LogP contribution < -0.4 is 4.74 Å². The van der Waals surface area contributed by atoms with Gasteiger partial charge in [-0.1, -0.05) is 13.8 Å². The molecule has 118 valence electrons. The van der Waals surface area contributed by atoms with Gasteiger partial charge < -0.3 is 19.5 Å². The quantitative estimate of drug-likeness (QED) is 0.755. The average Bonchev–Trinajstić information content (AvgIpc) is 2.49. The Kier molecular flexibility index (Phi) is 7.79. The van der Waals surface area contributed by atoms with Crippen LogP contribution in [-0.2, 0) is 4.74 Å². The molecule has 5 nitrogen and oxygen atoms in total. The van der Waals surface area contributed by atoms with Crippen molar-refractivity contribution in [3.8, 4) is 5.75 Å². The van der Waals surface area contributed by atoms with E-state index in [1.807, 2.05) is 0 Å². The number of amides is 1. The molecule has 0 spiro atoms. The maximum Gasteiger partial charge on any atom is 0.254 e. The molecule has 5 heteroatoms. The number of nitrogens with zero attached hydrogens (tertiary/aromatic N) is 1. The zero-order valence-electron chi connectivity index (χ0n) is 13.0. The van der Waals surface area contributed by atoms with E-state index < -0.39 is 0 Å². The van der Waals surface area contributed by atoms with Crippen molar-refractivity contribution in [2.45, 2.75) is 13.8 Å². The summed E-state index contributed by atoms with van der Waals surface area (Å²) in [7, 11) is 1.59. The molecule has 0 saturated heterocycles. The highest BCUT2D eigenvalue weighted by Crippen LogP contribution is 2.14. The lowest BCUT2D eigenvalue weighted by Gasteiger charge is -2.21. The van der Waals surface area contributed by atoms with Gasteiger partial charge >= 0.3 is 0 Å². The number of ether oxygens (including phenoxy) is 2. The number of hydrogen-bond donors (Lipinski definition) is 1. The lowest BCUT2D eigenvalue weighted by Crippen LogP contribution is -2.36. The van der Waals surface area contributed by atoms with E-state index in [-0.39, 0.29) is 12.5 Å². The summed E-state index contributed by atoms with van der Waals surface area (Å²) in [5.74, 6) is 1.10. The van der Waals surface area contributed by atoms with Gasteiger partial charge in [-0.2, -0.15) is 0 Å². The number of benzene rings is 1. The maximum absolute atomic E-state index is 12.3. The van der Waals surface area contributed by atoms with Gasteiger partial charge in [0.25, 0.3) is 5.91 Å². The van der Waals surface area contributed by atoms with Crippen molar-refractivity contribution in [2.24, 2.45) is 5.92 Å². The molecule has 1 aromatic rings. The first-order valence-corrected chi connectivity index (χ1v) is 7.20. The second-order valence-electron chi connectivity index (χ2n) is 5.24. The molecule has 0 bridgehead atoms. The molecule has 21 heavy (non-hydrogen) atoms. The zero-order valence-corrected chi connectivity index (χ0v) is 13.0. The van der Waals surface area contributed by atoms with Crippen LogP contribution in [0.5, 0.6) is 5.75 Å². The third kappa shape index (κ3) is 6.14. The molecule has 0 atom stereocenters. The summed E-state index contributed by atoms with van der Waals surface area (Å²) in [5.41, 5.74) is 0.580. The third-order valence-electron chi connectivity index (χ3n) is 2.91. The minimum Gasteiger partial charge on any atom is -0.493 e. The van der Waals surface area contributed by atoms with E-state index in [4.69, 9.17) is 14.6 Å². The van der Waals surface area contributed by atoms with E-state index in [1.54, 1.807) is 36.3 Å². The van der Waals surface area contributed by atoms with Gasteiger partial charge in [-0.05, 0) is 30.2 Å². The molecule has 0 aliphatic carbocycles. The fourth-order valence-corrected chi connectivity index (χ4v) is 1.78. The summed E-state index contributed by atoms with van der Waals surface area (Å²) < 4.78 is 10.6.